The predicted molar refractivity (Wildman–Crippen MR) is 110 cm³/mol. The third-order valence-corrected chi connectivity index (χ3v) is 4.70. The second-order valence-electron chi connectivity index (χ2n) is 6.65. The smallest absolute Gasteiger partial charge is 0.336 e. The Balaban J connectivity index is 1.88. The topological polar surface area (TPSA) is 121 Å². The lowest BCUT2D eigenvalue weighted by atomic mass is 10.0. The van der Waals surface area contributed by atoms with E-state index < -0.39 is 29.6 Å². The Labute approximate surface area is 172 Å². The molecule has 0 aliphatic heterocycles. The number of carbonyl (C=O) groups is 2. The minimum Gasteiger partial charge on any atom is -0.497 e. The Kier molecular flexibility index (Phi) is 6.48. The van der Waals surface area contributed by atoms with E-state index in [2.05, 4.69) is 5.32 Å². The van der Waals surface area contributed by atoms with E-state index in [1.807, 2.05) is 6.07 Å². The molecule has 8 nitrogen and oxygen atoms in total. The summed E-state index contributed by atoms with van der Waals surface area (Å²) < 4.78 is 15.7. The lowest BCUT2D eigenvalue weighted by Gasteiger charge is -2.21. The SMILES string of the molecule is COc1ccc2c(C[C@H](NC(=O)[C@@H](OC)c3ccccc3)C(N)=O)cc(=O)oc2c1. The molecule has 3 aromatic rings. The average Bonchev–Trinajstić information content (AvgIpc) is 2.73. The van der Waals surface area contributed by atoms with E-state index in [4.69, 9.17) is 19.6 Å². The summed E-state index contributed by atoms with van der Waals surface area (Å²) in [4.78, 5) is 36.8. The molecule has 0 bridgehead atoms. The van der Waals surface area contributed by atoms with E-state index >= 15 is 0 Å². The molecule has 2 aromatic carbocycles. The van der Waals surface area contributed by atoms with Crippen molar-refractivity contribution in [2.45, 2.75) is 18.6 Å². The maximum Gasteiger partial charge on any atom is 0.336 e. The van der Waals surface area contributed by atoms with Crippen LogP contribution in [0.25, 0.3) is 11.0 Å². The molecule has 2 amide bonds. The number of nitrogens with two attached hydrogens (primary N) is 1. The maximum atomic E-state index is 12.8. The van der Waals surface area contributed by atoms with Crippen LogP contribution in [0.2, 0.25) is 0 Å². The molecule has 1 aromatic heterocycles. The number of primary amides is 1. The van der Waals surface area contributed by atoms with Crippen LogP contribution in [0.1, 0.15) is 17.2 Å². The number of carbonyl (C=O) groups excluding carboxylic acids is 2. The molecule has 3 rings (SSSR count). The highest BCUT2D eigenvalue weighted by molar-refractivity contribution is 5.90. The van der Waals surface area contributed by atoms with Crippen molar-refractivity contribution in [3.63, 3.8) is 0 Å². The molecule has 30 heavy (non-hydrogen) atoms. The van der Waals surface area contributed by atoms with Crippen molar-refractivity contribution in [2.75, 3.05) is 14.2 Å². The minimum atomic E-state index is -1.05. The van der Waals surface area contributed by atoms with Crippen molar-refractivity contribution in [2.24, 2.45) is 5.73 Å². The first-order valence-electron chi connectivity index (χ1n) is 9.21. The van der Waals surface area contributed by atoms with Gasteiger partial charge in [0.2, 0.25) is 5.91 Å². The van der Waals surface area contributed by atoms with Crippen molar-refractivity contribution >= 4 is 22.8 Å². The highest BCUT2D eigenvalue weighted by Crippen LogP contribution is 2.24. The molecule has 0 radical (unpaired) electrons. The molecule has 3 N–H and O–H groups in total. The third-order valence-electron chi connectivity index (χ3n) is 4.70. The highest BCUT2D eigenvalue weighted by Gasteiger charge is 2.26. The molecule has 156 valence electrons. The fraction of sp³-hybridized carbons (Fsp3) is 0.227. The van der Waals surface area contributed by atoms with Crippen molar-refractivity contribution in [1.82, 2.24) is 5.32 Å². The summed E-state index contributed by atoms with van der Waals surface area (Å²) in [6, 6.07) is 14.1. The molecule has 0 unspecified atom stereocenters. The zero-order chi connectivity index (χ0) is 21.7. The van der Waals surface area contributed by atoms with Gasteiger partial charge in [-0.2, -0.15) is 0 Å². The van der Waals surface area contributed by atoms with Gasteiger partial charge in [-0.15, -0.1) is 0 Å². The fourth-order valence-corrected chi connectivity index (χ4v) is 3.22. The number of nitrogens with one attached hydrogen (secondary N) is 1. The summed E-state index contributed by atoms with van der Waals surface area (Å²) in [5.74, 6) is -0.726. The second kappa shape index (κ2) is 9.23. The van der Waals surface area contributed by atoms with E-state index in [9.17, 15) is 14.4 Å². The number of methoxy groups -OCH3 is 2. The average molecular weight is 410 g/mol. The molecule has 8 heteroatoms. The number of rotatable bonds is 8. The van der Waals surface area contributed by atoms with Gasteiger partial charge >= 0.3 is 5.63 Å². The van der Waals surface area contributed by atoms with Gasteiger partial charge in [-0.1, -0.05) is 30.3 Å². The first kappa shape index (κ1) is 21.1. The molecule has 0 saturated carbocycles. The second-order valence-corrected chi connectivity index (χ2v) is 6.65. The standard InChI is InChI=1S/C22H22N2O6/c1-28-15-8-9-16-14(11-19(25)30-18(16)12-15)10-17(21(23)26)24-22(27)20(29-2)13-6-4-3-5-7-13/h3-9,11-12,17,20H,10H2,1-2H3,(H2,23,26)(H,24,27)/t17-,20-/m0/s1. The van der Waals surface area contributed by atoms with E-state index in [-0.39, 0.29) is 6.42 Å². The lowest BCUT2D eigenvalue weighted by Crippen LogP contribution is -2.47. The quantitative estimate of drug-likeness (QED) is 0.545. The predicted octanol–water partition coefficient (Wildman–Crippen LogP) is 1.70. The first-order valence-corrected chi connectivity index (χ1v) is 9.21. The van der Waals surface area contributed by atoms with E-state index in [0.29, 0.717) is 27.8 Å². The van der Waals surface area contributed by atoms with Gasteiger partial charge in [0, 0.05) is 31.0 Å². The molecule has 0 saturated heterocycles. The summed E-state index contributed by atoms with van der Waals surface area (Å²) in [5.41, 5.74) is 6.40. The summed E-state index contributed by atoms with van der Waals surface area (Å²) in [7, 11) is 2.90. The van der Waals surface area contributed by atoms with Crippen LogP contribution >= 0.6 is 0 Å². The monoisotopic (exact) mass is 410 g/mol. The van der Waals surface area contributed by atoms with Crippen molar-refractivity contribution in [3.05, 3.63) is 76.1 Å². The van der Waals surface area contributed by atoms with E-state index in [1.54, 1.807) is 42.5 Å². The summed E-state index contributed by atoms with van der Waals surface area (Å²) in [6.45, 7) is 0. The van der Waals surface area contributed by atoms with Crippen LogP contribution in [0.5, 0.6) is 5.75 Å². The Morgan fingerprint density at radius 3 is 2.47 bits per heavy atom. The van der Waals surface area contributed by atoms with Crippen LogP contribution in [-0.2, 0) is 20.7 Å². The minimum absolute atomic E-state index is 0.0146. The number of hydrogen-bond donors (Lipinski definition) is 2. The van der Waals surface area contributed by atoms with Gasteiger partial charge in [-0.3, -0.25) is 9.59 Å². The Morgan fingerprint density at radius 2 is 1.83 bits per heavy atom. The maximum absolute atomic E-state index is 12.8. The van der Waals surface area contributed by atoms with Gasteiger partial charge < -0.3 is 24.9 Å². The summed E-state index contributed by atoms with van der Waals surface area (Å²) >= 11 is 0. The van der Waals surface area contributed by atoms with Crippen LogP contribution in [0, 0.1) is 0 Å². The van der Waals surface area contributed by atoms with Crippen LogP contribution in [0.3, 0.4) is 0 Å². The number of fused-ring (bicyclic) bond motifs is 1. The zero-order valence-electron chi connectivity index (χ0n) is 16.6. The number of amides is 2. The molecule has 0 aliphatic rings. The number of ether oxygens (including phenoxy) is 2. The summed E-state index contributed by atoms with van der Waals surface area (Å²) in [6.07, 6.45) is -0.893. The lowest BCUT2D eigenvalue weighted by molar-refractivity contribution is -0.134. The van der Waals surface area contributed by atoms with Gasteiger partial charge in [0.1, 0.15) is 17.4 Å². The Hall–Kier alpha value is -3.65. The molecular weight excluding hydrogens is 388 g/mol. The van der Waals surface area contributed by atoms with Crippen LogP contribution in [-0.4, -0.2) is 32.1 Å². The van der Waals surface area contributed by atoms with Gasteiger partial charge in [-0.25, -0.2) is 4.79 Å². The van der Waals surface area contributed by atoms with Gasteiger partial charge in [0.25, 0.3) is 5.91 Å². The highest BCUT2D eigenvalue weighted by atomic mass is 16.5. The van der Waals surface area contributed by atoms with Gasteiger partial charge in [0.15, 0.2) is 6.10 Å². The number of benzene rings is 2. The summed E-state index contributed by atoms with van der Waals surface area (Å²) in [5, 5.41) is 3.24. The van der Waals surface area contributed by atoms with Gasteiger partial charge in [0.05, 0.1) is 7.11 Å². The first-order chi connectivity index (χ1) is 14.4. The normalized spacial score (nSPS) is 12.9. The zero-order valence-corrected chi connectivity index (χ0v) is 16.6. The van der Waals surface area contributed by atoms with Crippen molar-refractivity contribution in [3.8, 4) is 5.75 Å². The van der Waals surface area contributed by atoms with E-state index in [1.165, 1.54) is 20.3 Å². The molecule has 2 atom stereocenters. The number of hydrogen-bond acceptors (Lipinski definition) is 6. The molecular formula is C22H22N2O6. The van der Waals surface area contributed by atoms with Crippen molar-refractivity contribution < 1.29 is 23.5 Å². The van der Waals surface area contributed by atoms with Crippen LogP contribution in [0.4, 0.5) is 0 Å². The van der Waals surface area contributed by atoms with Crippen molar-refractivity contribution in [1.29, 1.82) is 0 Å². The largest absolute Gasteiger partial charge is 0.497 e. The molecule has 0 spiro atoms. The fourth-order valence-electron chi connectivity index (χ4n) is 3.22. The molecule has 1 heterocycles. The van der Waals surface area contributed by atoms with E-state index in [0.717, 1.165) is 0 Å². The van der Waals surface area contributed by atoms with Gasteiger partial charge in [-0.05, 0) is 23.3 Å². The Morgan fingerprint density at radius 1 is 1.10 bits per heavy atom. The third kappa shape index (κ3) is 4.66. The van der Waals surface area contributed by atoms with Crippen LogP contribution in [0.15, 0.2) is 63.8 Å². The van der Waals surface area contributed by atoms with Crippen LogP contribution < -0.4 is 21.4 Å². The Bertz CT molecular complexity index is 1110. The molecule has 0 aliphatic carbocycles. The molecule has 0 fully saturated rings.